The Hall–Kier alpha value is 0.137. The van der Waals surface area contributed by atoms with Gasteiger partial charge in [-0.15, -0.1) is 0 Å². The molecule has 0 radical (unpaired) electrons. The first kappa shape index (κ1) is 12.8. The van der Waals surface area contributed by atoms with Crippen molar-refractivity contribution in [1.82, 2.24) is 4.90 Å². The number of hydrogen-bond donors (Lipinski definition) is 0. The van der Waals surface area contributed by atoms with E-state index in [9.17, 15) is 0 Å². The number of rotatable bonds is 2. The van der Waals surface area contributed by atoms with Gasteiger partial charge in [-0.2, -0.15) is 0 Å². The molecule has 0 bridgehead atoms. The van der Waals surface area contributed by atoms with Crippen molar-refractivity contribution in [1.29, 1.82) is 0 Å². The predicted octanol–water partition coefficient (Wildman–Crippen LogP) is 0.117. The molecule has 0 rings (SSSR count). The summed E-state index contributed by atoms with van der Waals surface area (Å²) in [5.74, 6) is 0.711. The van der Waals surface area contributed by atoms with Crippen molar-refractivity contribution in [2.75, 3.05) is 27.7 Å². The lowest BCUT2D eigenvalue weighted by molar-refractivity contribution is 0.295. The summed E-state index contributed by atoms with van der Waals surface area (Å²) in [5, 5.41) is 0. The van der Waals surface area contributed by atoms with Gasteiger partial charge in [-0.25, -0.2) is 0 Å². The van der Waals surface area contributed by atoms with Gasteiger partial charge in [0.25, 0.3) is 0 Å². The summed E-state index contributed by atoms with van der Waals surface area (Å²) in [7, 11) is 6.89. The monoisotopic (exact) mass is 163 g/mol. The van der Waals surface area contributed by atoms with Crippen molar-refractivity contribution in [3.8, 4) is 0 Å². The molecule has 0 aromatic rings. The molecule has 0 N–H and O–H groups in total. The molecule has 0 amide bonds. The van der Waals surface area contributed by atoms with E-state index >= 15 is 0 Å². The van der Waals surface area contributed by atoms with Gasteiger partial charge in [-0.3, -0.25) is 0 Å². The first-order valence-corrected chi connectivity index (χ1v) is 4.42. The van der Waals surface area contributed by atoms with E-state index in [1.54, 1.807) is 0 Å². The van der Waals surface area contributed by atoms with Gasteiger partial charge < -0.3 is 9.33 Å². The second kappa shape index (κ2) is 9.14. The molecule has 0 atom stereocenters. The highest BCUT2D eigenvalue weighted by Gasteiger charge is 1.85. The van der Waals surface area contributed by atoms with Gasteiger partial charge in [0.15, 0.2) is 0 Å². The van der Waals surface area contributed by atoms with Gasteiger partial charge in [-0.1, -0.05) is 13.8 Å². The fraction of sp³-hybridized carbons (Fsp3) is 1.00. The van der Waals surface area contributed by atoms with Crippen LogP contribution in [0.15, 0.2) is 0 Å². The van der Waals surface area contributed by atoms with Crippen LogP contribution < -0.4 is 0 Å². The third-order valence-corrected chi connectivity index (χ3v) is 0.833. The van der Waals surface area contributed by atoms with Crippen LogP contribution in [0.1, 0.15) is 13.8 Å². The van der Waals surface area contributed by atoms with E-state index in [1.165, 1.54) is 0 Å². The van der Waals surface area contributed by atoms with Gasteiger partial charge in [0, 0.05) is 6.61 Å². The van der Waals surface area contributed by atoms with Crippen molar-refractivity contribution in [2.24, 2.45) is 5.92 Å². The van der Waals surface area contributed by atoms with Gasteiger partial charge in [0.05, 0.1) is 0 Å². The Labute approximate surface area is 68.1 Å². The molecule has 3 heteroatoms. The highest BCUT2D eigenvalue weighted by molar-refractivity contribution is 5.97. The summed E-state index contributed by atoms with van der Waals surface area (Å²) < 4.78 is 4.94. The molecule has 0 unspecified atom stereocenters. The predicted molar refractivity (Wildman–Crippen MR) is 50.3 cm³/mol. The lowest BCUT2D eigenvalue weighted by Gasteiger charge is -1.98. The third-order valence-electron chi connectivity index (χ3n) is 0.500. The van der Waals surface area contributed by atoms with Crippen LogP contribution in [0.5, 0.6) is 0 Å². The zero-order chi connectivity index (χ0) is 8.57. The minimum absolute atomic E-state index is 0.711. The molecule has 0 fully saturated rings. The van der Waals surface area contributed by atoms with Gasteiger partial charge in [0.2, 0.25) is 0 Å². The minimum Gasteiger partial charge on any atom is -0.428 e. The summed E-state index contributed by atoms with van der Waals surface area (Å²) in [5.41, 5.74) is 0. The van der Waals surface area contributed by atoms with Crippen LogP contribution in [0.3, 0.4) is 0 Å². The molecule has 0 heterocycles. The normalized spacial score (nSPS) is 9.90. The maximum atomic E-state index is 4.94. The van der Waals surface area contributed by atoms with Crippen molar-refractivity contribution in [3.63, 3.8) is 0 Å². The van der Waals surface area contributed by atoms with Crippen LogP contribution in [-0.4, -0.2) is 43.1 Å². The topological polar surface area (TPSA) is 12.5 Å². The summed E-state index contributed by atoms with van der Waals surface area (Å²) >= 11 is 0. The van der Waals surface area contributed by atoms with Gasteiger partial charge in [-0.05, 0) is 27.1 Å². The Balaban J connectivity index is 0. The van der Waals surface area contributed by atoms with E-state index in [1.807, 2.05) is 26.0 Å². The van der Waals surface area contributed by atoms with Crippen LogP contribution >= 0.6 is 0 Å². The fourth-order valence-electron chi connectivity index (χ4n) is 0.333. The third kappa shape index (κ3) is 42.1. The Kier molecular flexibility index (Phi) is 11.7. The molecule has 0 aromatic heterocycles. The Bertz CT molecular complexity index is 54.8. The molecular formula is C7H21NOSi. The zero-order valence-corrected chi connectivity index (χ0v) is 10.1. The molecule has 0 aliphatic carbocycles. The molecule has 2 nitrogen and oxygen atoms in total. The molecule has 0 saturated carbocycles. The van der Waals surface area contributed by atoms with Crippen molar-refractivity contribution < 1.29 is 4.43 Å². The summed E-state index contributed by atoms with van der Waals surface area (Å²) in [6.45, 7) is 5.24. The highest BCUT2D eigenvalue weighted by atomic mass is 28.2. The van der Waals surface area contributed by atoms with Crippen molar-refractivity contribution in [2.45, 2.75) is 13.8 Å². The first-order valence-electron chi connectivity index (χ1n) is 3.60. The average molecular weight is 163 g/mol. The van der Waals surface area contributed by atoms with Crippen LogP contribution in [-0.2, 0) is 4.43 Å². The first-order chi connectivity index (χ1) is 4.50. The summed E-state index contributed by atoms with van der Waals surface area (Å²) in [6.07, 6.45) is 0. The summed E-state index contributed by atoms with van der Waals surface area (Å²) in [6, 6.07) is 0. The standard InChI is InChI=1S/C4H12OSi.C3H9N/c1-4(2)3-5-6;1-4(2)3/h4H,3H2,1-2,6H3;1-3H3. The second-order valence-corrected chi connectivity index (χ2v) is 3.77. The highest BCUT2D eigenvalue weighted by Crippen LogP contribution is 1.87. The van der Waals surface area contributed by atoms with Crippen molar-refractivity contribution in [3.05, 3.63) is 0 Å². The van der Waals surface area contributed by atoms with E-state index < -0.39 is 0 Å². The van der Waals surface area contributed by atoms with Crippen LogP contribution in [0.2, 0.25) is 0 Å². The zero-order valence-electron chi connectivity index (χ0n) is 8.14. The van der Waals surface area contributed by atoms with E-state index in [2.05, 4.69) is 13.8 Å². The minimum atomic E-state index is 0.711. The Morgan fingerprint density at radius 3 is 1.60 bits per heavy atom. The van der Waals surface area contributed by atoms with Crippen LogP contribution in [0.4, 0.5) is 0 Å². The molecule has 10 heavy (non-hydrogen) atoms. The lowest BCUT2D eigenvalue weighted by Crippen LogP contribution is -1.99. The Morgan fingerprint density at radius 1 is 1.30 bits per heavy atom. The fourth-order valence-corrected chi connectivity index (χ4v) is 1.00. The molecule has 64 valence electrons. The molecule has 0 spiro atoms. The molecular weight excluding hydrogens is 142 g/mol. The molecule has 0 saturated heterocycles. The quantitative estimate of drug-likeness (QED) is 0.536. The number of nitrogens with zero attached hydrogens (tertiary/aromatic N) is 1. The van der Waals surface area contributed by atoms with Crippen LogP contribution in [0, 0.1) is 5.92 Å². The smallest absolute Gasteiger partial charge is 0.145 e. The molecule has 0 aliphatic rings. The van der Waals surface area contributed by atoms with E-state index in [-0.39, 0.29) is 0 Å². The van der Waals surface area contributed by atoms with Crippen LogP contribution in [0.25, 0.3) is 0 Å². The van der Waals surface area contributed by atoms with E-state index in [0.29, 0.717) is 5.92 Å². The molecule has 0 aromatic carbocycles. The maximum Gasteiger partial charge on any atom is 0.145 e. The van der Waals surface area contributed by atoms with Gasteiger partial charge >= 0.3 is 0 Å². The van der Waals surface area contributed by atoms with E-state index in [4.69, 9.17) is 4.43 Å². The number of hydrogen-bond acceptors (Lipinski definition) is 2. The van der Waals surface area contributed by atoms with Crippen molar-refractivity contribution >= 4 is 10.5 Å². The van der Waals surface area contributed by atoms with E-state index in [0.717, 1.165) is 17.1 Å². The van der Waals surface area contributed by atoms with Gasteiger partial charge in [0.1, 0.15) is 10.5 Å². The largest absolute Gasteiger partial charge is 0.428 e. The summed E-state index contributed by atoms with van der Waals surface area (Å²) in [4.78, 5) is 2.00. The SMILES string of the molecule is CC(C)CO[SiH3].CN(C)C. The second-order valence-electron chi connectivity index (χ2n) is 3.19. The Morgan fingerprint density at radius 2 is 1.60 bits per heavy atom. The molecule has 0 aliphatic heterocycles. The maximum absolute atomic E-state index is 4.94. The lowest BCUT2D eigenvalue weighted by atomic mass is 10.2. The average Bonchev–Trinajstić information content (AvgIpc) is 1.62.